The largest absolute Gasteiger partial charge is 0.383 e. The van der Waals surface area contributed by atoms with Gasteiger partial charge in [-0.3, -0.25) is 0 Å². The van der Waals surface area contributed by atoms with Gasteiger partial charge >= 0.3 is 0 Å². The lowest BCUT2D eigenvalue weighted by Gasteiger charge is -2.23. The number of hydrogen-bond acceptors (Lipinski definition) is 5. The second-order valence-corrected chi connectivity index (χ2v) is 5.18. The molecule has 0 radical (unpaired) electrons. The van der Waals surface area contributed by atoms with E-state index in [1.165, 1.54) is 5.56 Å². The molecule has 0 saturated carbocycles. The maximum atomic E-state index is 5.66. The zero-order valence-corrected chi connectivity index (χ0v) is 12.5. The molecule has 2 heterocycles. The maximum absolute atomic E-state index is 5.66. The SMILES string of the molecule is COCCNCc1ccc(N2CCCOC(C)C2)nc1. The number of nitrogens with one attached hydrogen (secondary N) is 1. The van der Waals surface area contributed by atoms with Gasteiger partial charge in [0, 0.05) is 46.1 Å². The van der Waals surface area contributed by atoms with Crippen molar-refractivity contribution >= 4 is 5.82 Å². The van der Waals surface area contributed by atoms with Crippen molar-refractivity contribution in [3.05, 3.63) is 23.9 Å². The van der Waals surface area contributed by atoms with Crippen molar-refractivity contribution in [2.24, 2.45) is 0 Å². The molecule has 1 aliphatic heterocycles. The van der Waals surface area contributed by atoms with Crippen LogP contribution in [-0.4, -0.2) is 51.0 Å². The first-order chi connectivity index (χ1) is 9.79. The third kappa shape index (κ3) is 4.74. The molecule has 1 aromatic heterocycles. The van der Waals surface area contributed by atoms with Gasteiger partial charge in [-0.25, -0.2) is 4.98 Å². The quantitative estimate of drug-likeness (QED) is 0.798. The Hall–Kier alpha value is -1.17. The van der Waals surface area contributed by atoms with Gasteiger partial charge in [-0.2, -0.15) is 0 Å². The Morgan fingerprint density at radius 3 is 3.15 bits per heavy atom. The smallest absolute Gasteiger partial charge is 0.128 e. The summed E-state index contributed by atoms with van der Waals surface area (Å²) >= 11 is 0. The molecule has 0 spiro atoms. The molecule has 112 valence electrons. The summed E-state index contributed by atoms with van der Waals surface area (Å²) in [6, 6.07) is 4.24. The summed E-state index contributed by atoms with van der Waals surface area (Å²) < 4.78 is 10.7. The van der Waals surface area contributed by atoms with Crippen LogP contribution in [0.5, 0.6) is 0 Å². The highest BCUT2D eigenvalue weighted by molar-refractivity contribution is 5.39. The van der Waals surface area contributed by atoms with Crippen LogP contribution in [0.2, 0.25) is 0 Å². The number of nitrogens with zero attached hydrogens (tertiary/aromatic N) is 2. The van der Waals surface area contributed by atoms with E-state index >= 15 is 0 Å². The summed E-state index contributed by atoms with van der Waals surface area (Å²) in [5.41, 5.74) is 1.20. The number of ether oxygens (including phenoxy) is 2. The molecular formula is C15H25N3O2. The summed E-state index contributed by atoms with van der Waals surface area (Å²) in [5, 5.41) is 3.32. The van der Waals surface area contributed by atoms with E-state index in [0.717, 1.165) is 51.6 Å². The average molecular weight is 279 g/mol. The maximum Gasteiger partial charge on any atom is 0.128 e. The topological polar surface area (TPSA) is 46.6 Å². The lowest BCUT2D eigenvalue weighted by atomic mass is 10.2. The Morgan fingerprint density at radius 1 is 1.50 bits per heavy atom. The normalized spacial score (nSPS) is 19.9. The predicted octanol–water partition coefficient (Wildman–Crippen LogP) is 1.43. The molecule has 5 nitrogen and oxygen atoms in total. The fourth-order valence-corrected chi connectivity index (χ4v) is 2.32. The number of aromatic nitrogens is 1. The second kappa shape index (κ2) is 8.19. The molecule has 2 rings (SSSR count). The molecular weight excluding hydrogens is 254 g/mol. The first-order valence-electron chi connectivity index (χ1n) is 7.30. The second-order valence-electron chi connectivity index (χ2n) is 5.18. The third-order valence-corrected chi connectivity index (χ3v) is 3.40. The van der Waals surface area contributed by atoms with Crippen molar-refractivity contribution in [3.63, 3.8) is 0 Å². The molecule has 1 aliphatic rings. The molecule has 0 aliphatic carbocycles. The molecule has 1 aromatic rings. The van der Waals surface area contributed by atoms with Gasteiger partial charge < -0.3 is 19.7 Å². The molecule has 0 amide bonds. The molecule has 1 saturated heterocycles. The van der Waals surface area contributed by atoms with E-state index in [1.54, 1.807) is 7.11 Å². The van der Waals surface area contributed by atoms with Crippen LogP contribution < -0.4 is 10.2 Å². The van der Waals surface area contributed by atoms with Gasteiger partial charge in [-0.15, -0.1) is 0 Å². The molecule has 1 unspecified atom stereocenters. The van der Waals surface area contributed by atoms with Crippen LogP contribution in [-0.2, 0) is 16.0 Å². The van der Waals surface area contributed by atoms with E-state index in [-0.39, 0.29) is 6.10 Å². The molecule has 1 fully saturated rings. The molecule has 20 heavy (non-hydrogen) atoms. The lowest BCUT2D eigenvalue weighted by molar-refractivity contribution is 0.0820. The predicted molar refractivity (Wildman–Crippen MR) is 80.1 cm³/mol. The number of anilines is 1. The number of rotatable bonds is 6. The van der Waals surface area contributed by atoms with E-state index in [0.29, 0.717) is 0 Å². The van der Waals surface area contributed by atoms with Crippen LogP contribution in [0, 0.1) is 0 Å². The molecule has 5 heteroatoms. The zero-order valence-electron chi connectivity index (χ0n) is 12.5. The molecule has 0 aromatic carbocycles. The van der Waals surface area contributed by atoms with Crippen LogP contribution in [0.25, 0.3) is 0 Å². The van der Waals surface area contributed by atoms with Crippen LogP contribution in [0.15, 0.2) is 18.3 Å². The summed E-state index contributed by atoms with van der Waals surface area (Å²) in [4.78, 5) is 6.88. The standard InChI is InChI=1S/C15H25N3O2/c1-13-12-18(7-3-8-20-13)15-5-4-14(11-17-15)10-16-6-9-19-2/h4-5,11,13,16H,3,6-10,12H2,1-2H3. The molecule has 1 atom stereocenters. The van der Waals surface area contributed by atoms with Crippen LogP contribution >= 0.6 is 0 Å². The van der Waals surface area contributed by atoms with Gasteiger partial charge in [-0.1, -0.05) is 6.07 Å². The fraction of sp³-hybridized carbons (Fsp3) is 0.667. The van der Waals surface area contributed by atoms with E-state index in [1.807, 2.05) is 6.20 Å². The first kappa shape index (κ1) is 15.2. The van der Waals surface area contributed by atoms with Gasteiger partial charge in [0.1, 0.15) is 5.82 Å². The van der Waals surface area contributed by atoms with Crippen LogP contribution in [0.1, 0.15) is 18.9 Å². The van der Waals surface area contributed by atoms with Crippen molar-refractivity contribution in [1.29, 1.82) is 0 Å². The van der Waals surface area contributed by atoms with Crippen LogP contribution in [0.4, 0.5) is 5.82 Å². The zero-order chi connectivity index (χ0) is 14.2. The van der Waals surface area contributed by atoms with Crippen molar-refractivity contribution in [2.45, 2.75) is 26.0 Å². The highest BCUT2D eigenvalue weighted by atomic mass is 16.5. The van der Waals surface area contributed by atoms with Gasteiger partial charge in [0.25, 0.3) is 0 Å². The summed E-state index contributed by atoms with van der Waals surface area (Å²) in [6.07, 6.45) is 3.28. The molecule has 1 N–H and O–H groups in total. The monoisotopic (exact) mass is 279 g/mol. The Labute approximate surface area is 121 Å². The van der Waals surface area contributed by atoms with Crippen molar-refractivity contribution in [1.82, 2.24) is 10.3 Å². The van der Waals surface area contributed by atoms with Gasteiger partial charge in [-0.05, 0) is 25.0 Å². The van der Waals surface area contributed by atoms with Gasteiger partial charge in [0.05, 0.1) is 12.7 Å². The van der Waals surface area contributed by atoms with Crippen molar-refractivity contribution < 1.29 is 9.47 Å². The summed E-state index contributed by atoms with van der Waals surface area (Å²) in [5.74, 6) is 1.04. The summed E-state index contributed by atoms with van der Waals surface area (Å²) in [7, 11) is 1.71. The Balaban J connectivity index is 1.86. The number of methoxy groups -OCH3 is 1. The minimum Gasteiger partial charge on any atom is -0.383 e. The van der Waals surface area contributed by atoms with Crippen LogP contribution in [0.3, 0.4) is 0 Å². The Bertz CT molecular complexity index is 383. The average Bonchev–Trinajstić information content (AvgIpc) is 2.69. The van der Waals surface area contributed by atoms with E-state index < -0.39 is 0 Å². The van der Waals surface area contributed by atoms with Crippen molar-refractivity contribution in [3.8, 4) is 0 Å². The minimum atomic E-state index is 0.273. The fourth-order valence-electron chi connectivity index (χ4n) is 2.32. The minimum absolute atomic E-state index is 0.273. The third-order valence-electron chi connectivity index (χ3n) is 3.40. The highest BCUT2D eigenvalue weighted by Gasteiger charge is 2.15. The van der Waals surface area contributed by atoms with E-state index in [2.05, 4.69) is 34.3 Å². The first-order valence-corrected chi connectivity index (χ1v) is 7.30. The number of pyridine rings is 1. The Kier molecular flexibility index (Phi) is 6.24. The summed E-state index contributed by atoms with van der Waals surface area (Å²) in [6.45, 7) is 7.32. The number of hydrogen-bond donors (Lipinski definition) is 1. The van der Waals surface area contributed by atoms with Crippen molar-refractivity contribution in [2.75, 3.05) is 44.9 Å². The highest BCUT2D eigenvalue weighted by Crippen LogP contribution is 2.15. The Morgan fingerprint density at radius 2 is 2.40 bits per heavy atom. The lowest BCUT2D eigenvalue weighted by Crippen LogP contribution is -2.30. The van der Waals surface area contributed by atoms with E-state index in [4.69, 9.17) is 9.47 Å². The molecule has 0 bridgehead atoms. The van der Waals surface area contributed by atoms with Gasteiger partial charge in [0.15, 0.2) is 0 Å². The van der Waals surface area contributed by atoms with Gasteiger partial charge in [0.2, 0.25) is 0 Å². The van der Waals surface area contributed by atoms with E-state index in [9.17, 15) is 0 Å².